The maximum atomic E-state index is 7.32. The van der Waals surface area contributed by atoms with Gasteiger partial charge in [0.25, 0.3) is 0 Å². The molecule has 3 nitrogen and oxygen atoms in total. The molecule has 1 aliphatic heterocycles. The lowest BCUT2D eigenvalue weighted by molar-refractivity contribution is 0.439. The minimum absolute atomic E-state index is 0.709. The normalized spacial score (nSPS) is 14.6. The largest absolute Gasteiger partial charge is 0.454 e. The Morgan fingerprint density at radius 2 is 0.839 bits per heavy atom. The third kappa shape index (κ3) is 4.71. The van der Waals surface area contributed by atoms with E-state index in [-0.39, 0.29) is 0 Å². The number of nitrogens with zero attached hydrogens (tertiary/aromatic N) is 2. The third-order valence-electron chi connectivity index (χ3n) is 11.5. The van der Waals surface area contributed by atoms with Crippen LogP contribution in [-0.2, 0) is 5.41 Å². The highest BCUT2D eigenvalue weighted by Crippen LogP contribution is 2.66. The molecule has 0 fully saturated rings. The smallest absolute Gasteiger partial charge is 0.156 e. The number of ether oxygens (including phenoxy) is 1. The second-order valence-electron chi connectivity index (χ2n) is 14.4. The Morgan fingerprint density at radius 1 is 0.357 bits per heavy atom. The first-order valence-electron chi connectivity index (χ1n) is 19.2. The Hall–Kier alpha value is -7.36. The molecule has 264 valence electrons. The molecule has 0 N–H and O–H groups in total. The highest BCUT2D eigenvalue weighted by atomic mass is 16.5. The molecule has 1 aliphatic carbocycles. The zero-order chi connectivity index (χ0) is 37.1. The molecule has 0 saturated heterocycles. The number of para-hydroxylation sites is 5. The van der Waals surface area contributed by atoms with Crippen LogP contribution in [0.4, 0.5) is 34.1 Å². The molecule has 9 aromatic rings. The molecule has 0 radical (unpaired) electrons. The van der Waals surface area contributed by atoms with E-state index < -0.39 is 5.41 Å². The summed E-state index contributed by atoms with van der Waals surface area (Å²) in [5.41, 5.74) is 12.9. The van der Waals surface area contributed by atoms with Crippen LogP contribution in [0.25, 0.3) is 21.9 Å². The van der Waals surface area contributed by atoms with Crippen molar-refractivity contribution < 1.29 is 4.74 Å². The summed E-state index contributed by atoms with van der Waals surface area (Å²) in [5.74, 6) is 1.71. The molecular formula is C53H36N2O. The monoisotopic (exact) mass is 716 g/mol. The van der Waals surface area contributed by atoms with Crippen molar-refractivity contribution >= 4 is 44.9 Å². The second kappa shape index (κ2) is 12.9. The number of hydrogen-bond acceptors (Lipinski definition) is 3. The first-order chi connectivity index (χ1) is 27.8. The van der Waals surface area contributed by atoms with Crippen molar-refractivity contribution in [3.8, 4) is 22.6 Å². The molecule has 11 rings (SSSR count). The molecule has 1 unspecified atom stereocenters. The van der Waals surface area contributed by atoms with Gasteiger partial charge in [0.15, 0.2) is 5.75 Å². The number of benzene rings is 9. The topological polar surface area (TPSA) is 15.7 Å². The van der Waals surface area contributed by atoms with E-state index in [4.69, 9.17) is 4.74 Å². The van der Waals surface area contributed by atoms with Crippen molar-refractivity contribution in [2.75, 3.05) is 9.80 Å². The molecule has 3 heteroatoms. The Morgan fingerprint density at radius 3 is 1.46 bits per heavy atom. The van der Waals surface area contributed by atoms with E-state index in [1.165, 1.54) is 38.6 Å². The standard InChI is InChI=1S/C53H36N2O/c1-5-20-38(21-6-1)54(39-22-7-2-8-23-39)47-33-17-31-45-50(47)43-29-15-16-30-44(43)53(45)46-32-18-34-48(55(40-24-9-3-10-25-40)41-26-11-4-12-27-41)52(46)56-49-36-35-37-19-13-14-28-42(37)51(49)53/h1-36H. The summed E-state index contributed by atoms with van der Waals surface area (Å²) in [7, 11) is 0. The van der Waals surface area contributed by atoms with Gasteiger partial charge in [-0.3, -0.25) is 0 Å². The summed E-state index contributed by atoms with van der Waals surface area (Å²) >= 11 is 0. The van der Waals surface area contributed by atoms with E-state index in [0.717, 1.165) is 51.2 Å². The fourth-order valence-corrected chi connectivity index (χ4v) is 9.29. The molecule has 0 aromatic heterocycles. The maximum Gasteiger partial charge on any atom is 0.156 e. The molecule has 1 atom stereocenters. The van der Waals surface area contributed by atoms with Crippen molar-refractivity contribution in [1.82, 2.24) is 0 Å². The Kier molecular flexibility index (Phi) is 7.39. The van der Waals surface area contributed by atoms with E-state index in [9.17, 15) is 0 Å². The maximum absolute atomic E-state index is 7.32. The van der Waals surface area contributed by atoms with Gasteiger partial charge in [0.05, 0.1) is 16.8 Å². The van der Waals surface area contributed by atoms with E-state index in [1.807, 2.05) is 0 Å². The minimum atomic E-state index is -0.709. The summed E-state index contributed by atoms with van der Waals surface area (Å²) < 4.78 is 7.32. The van der Waals surface area contributed by atoms with Crippen molar-refractivity contribution in [2.45, 2.75) is 5.41 Å². The van der Waals surface area contributed by atoms with Gasteiger partial charge in [-0.25, -0.2) is 0 Å². The SMILES string of the molecule is c1ccc(N(c2ccccc2)c2cccc3c2Oc2ccc4ccccc4c2C32c3ccccc3-c3c(N(c4ccccc4)c4ccccc4)cccc32)cc1. The van der Waals surface area contributed by atoms with Gasteiger partial charge in [0, 0.05) is 39.4 Å². The number of hydrogen-bond donors (Lipinski definition) is 0. The molecule has 2 aliphatic rings. The molecule has 1 spiro atoms. The lowest BCUT2D eigenvalue weighted by Crippen LogP contribution is -2.33. The Balaban J connectivity index is 1.27. The first-order valence-corrected chi connectivity index (χ1v) is 19.2. The van der Waals surface area contributed by atoms with Crippen LogP contribution >= 0.6 is 0 Å². The summed E-state index contributed by atoms with van der Waals surface area (Å²) in [4.78, 5) is 4.73. The predicted molar refractivity (Wildman–Crippen MR) is 231 cm³/mol. The second-order valence-corrected chi connectivity index (χ2v) is 14.4. The van der Waals surface area contributed by atoms with Crippen LogP contribution in [0.1, 0.15) is 22.3 Å². The van der Waals surface area contributed by atoms with Crippen LogP contribution in [0, 0.1) is 0 Å². The number of rotatable bonds is 6. The first kappa shape index (κ1) is 32.1. The summed E-state index contributed by atoms with van der Waals surface area (Å²) in [6.07, 6.45) is 0. The Bertz CT molecular complexity index is 2810. The number of fused-ring (bicyclic) bond motifs is 11. The van der Waals surface area contributed by atoms with Crippen LogP contribution in [0.15, 0.2) is 218 Å². The van der Waals surface area contributed by atoms with Gasteiger partial charge in [0.1, 0.15) is 5.75 Å². The number of anilines is 6. The van der Waals surface area contributed by atoms with Gasteiger partial charge < -0.3 is 14.5 Å². The highest BCUT2D eigenvalue weighted by molar-refractivity contribution is 6.02. The van der Waals surface area contributed by atoms with Crippen molar-refractivity contribution in [3.05, 3.63) is 241 Å². The van der Waals surface area contributed by atoms with E-state index in [1.54, 1.807) is 0 Å². The molecule has 0 saturated carbocycles. The molecule has 0 amide bonds. The summed E-state index contributed by atoms with van der Waals surface area (Å²) in [5, 5.41) is 2.36. The summed E-state index contributed by atoms with van der Waals surface area (Å²) in [6, 6.07) is 78.4. The van der Waals surface area contributed by atoms with Crippen LogP contribution in [0.3, 0.4) is 0 Å². The van der Waals surface area contributed by atoms with Crippen LogP contribution in [-0.4, -0.2) is 0 Å². The molecule has 0 bridgehead atoms. The molecule has 9 aromatic carbocycles. The zero-order valence-electron chi connectivity index (χ0n) is 30.6. The fourth-order valence-electron chi connectivity index (χ4n) is 9.29. The molecule has 56 heavy (non-hydrogen) atoms. The van der Waals surface area contributed by atoms with Crippen molar-refractivity contribution in [2.24, 2.45) is 0 Å². The van der Waals surface area contributed by atoms with Gasteiger partial charge in [0.2, 0.25) is 0 Å². The van der Waals surface area contributed by atoms with Gasteiger partial charge >= 0.3 is 0 Å². The average Bonchev–Trinajstić information content (AvgIpc) is 3.56. The van der Waals surface area contributed by atoms with Gasteiger partial charge in [-0.1, -0.05) is 152 Å². The average molecular weight is 717 g/mol. The lowest BCUT2D eigenvalue weighted by Gasteiger charge is -2.42. The minimum Gasteiger partial charge on any atom is -0.454 e. The van der Waals surface area contributed by atoms with Crippen molar-refractivity contribution in [1.29, 1.82) is 0 Å². The Labute approximate surface area is 326 Å². The van der Waals surface area contributed by atoms with E-state index >= 15 is 0 Å². The summed E-state index contributed by atoms with van der Waals surface area (Å²) in [6.45, 7) is 0. The lowest BCUT2D eigenvalue weighted by atomic mass is 9.64. The van der Waals surface area contributed by atoms with Gasteiger partial charge in [-0.2, -0.15) is 0 Å². The van der Waals surface area contributed by atoms with Crippen LogP contribution in [0.2, 0.25) is 0 Å². The predicted octanol–water partition coefficient (Wildman–Crippen LogP) is 14.2. The quantitative estimate of drug-likeness (QED) is 0.170. The zero-order valence-corrected chi connectivity index (χ0v) is 30.6. The highest BCUT2D eigenvalue weighted by Gasteiger charge is 2.53. The van der Waals surface area contributed by atoms with Gasteiger partial charge in [-0.05, 0) is 94.2 Å². The van der Waals surface area contributed by atoms with E-state index in [2.05, 4.69) is 228 Å². The van der Waals surface area contributed by atoms with E-state index in [0.29, 0.717) is 0 Å². The molecular weight excluding hydrogens is 681 g/mol. The van der Waals surface area contributed by atoms with Crippen LogP contribution in [0.5, 0.6) is 11.5 Å². The van der Waals surface area contributed by atoms with Crippen molar-refractivity contribution in [3.63, 3.8) is 0 Å². The van der Waals surface area contributed by atoms with Crippen LogP contribution < -0.4 is 14.5 Å². The fraction of sp³-hybridized carbons (Fsp3) is 0.0189. The molecule has 1 heterocycles. The third-order valence-corrected chi connectivity index (χ3v) is 11.5. The van der Waals surface area contributed by atoms with Gasteiger partial charge in [-0.15, -0.1) is 0 Å².